The number of aliphatic hydroxyl groups is 1. The molecule has 0 atom stereocenters. The van der Waals surface area contributed by atoms with Crippen molar-refractivity contribution in [2.24, 2.45) is 5.41 Å². The number of aryl methyl sites for hydroxylation is 1. The average Bonchev–Trinajstić information content (AvgIpc) is 3.11. The first-order valence-electron chi connectivity index (χ1n) is 10.1. The van der Waals surface area contributed by atoms with Gasteiger partial charge in [-0.2, -0.15) is 0 Å². The summed E-state index contributed by atoms with van der Waals surface area (Å²) in [4.78, 5) is 15.4. The number of rotatable bonds is 5. The molecule has 30 heavy (non-hydrogen) atoms. The van der Waals surface area contributed by atoms with Gasteiger partial charge in [0.05, 0.1) is 0 Å². The number of aldehydes is 1. The first-order chi connectivity index (χ1) is 14.4. The van der Waals surface area contributed by atoms with E-state index in [0.29, 0.717) is 0 Å². The lowest BCUT2D eigenvalue weighted by Crippen LogP contribution is -2.21. The predicted octanol–water partition coefficient (Wildman–Crippen LogP) is 6.25. The molecule has 0 saturated heterocycles. The molecule has 1 aliphatic rings. The minimum Gasteiger partial charge on any atom is -0.400 e. The second-order valence-electron chi connectivity index (χ2n) is 8.30. The molecule has 5 heteroatoms. The van der Waals surface area contributed by atoms with Crippen LogP contribution < -0.4 is 5.32 Å². The Morgan fingerprint density at radius 3 is 2.40 bits per heavy atom. The van der Waals surface area contributed by atoms with E-state index >= 15 is 0 Å². The van der Waals surface area contributed by atoms with Crippen LogP contribution in [0.2, 0.25) is 0 Å². The Morgan fingerprint density at radius 1 is 1.10 bits per heavy atom. The van der Waals surface area contributed by atoms with E-state index in [0.717, 1.165) is 59.4 Å². The SMILES string of the molecule is CC1(C)CCc2sc(-c3ccc(CNc4ccc(S)cc4)cc3)c(C=O)c2C1.CO. The van der Waals surface area contributed by atoms with Crippen molar-refractivity contribution in [2.75, 3.05) is 12.4 Å². The van der Waals surface area contributed by atoms with E-state index in [1.807, 2.05) is 24.3 Å². The Hall–Kier alpha value is -2.08. The molecule has 3 aromatic rings. The zero-order valence-electron chi connectivity index (χ0n) is 17.7. The van der Waals surface area contributed by atoms with Gasteiger partial charge in [-0.3, -0.25) is 4.79 Å². The molecule has 0 saturated carbocycles. The van der Waals surface area contributed by atoms with Crippen molar-refractivity contribution in [3.05, 3.63) is 70.1 Å². The van der Waals surface area contributed by atoms with Crippen molar-refractivity contribution in [1.29, 1.82) is 0 Å². The van der Waals surface area contributed by atoms with Crippen LogP contribution in [0.1, 0.15) is 46.6 Å². The fourth-order valence-electron chi connectivity index (χ4n) is 3.84. The summed E-state index contributed by atoms with van der Waals surface area (Å²) in [6.07, 6.45) is 4.34. The van der Waals surface area contributed by atoms with Crippen LogP contribution in [0.15, 0.2) is 53.4 Å². The van der Waals surface area contributed by atoms with Gasteiger partial charge in [0.2, 0.25) is 0 Å². The highest BCUT2D eigenvalue weighted by atomic mass is 32.1. The topological polar surface area (TPSA) is 49.3 Å². The van der Waals surface area contributed by atoms with E-state index < -0.39 is 0 Å². The lowest BCUT2D eigenvalue weighted by molar-refractivity contribution is 0.112. The number of fused-ring (bicyclic) bond motifs is 1. The molecule has 2 aromatic carbocycles. The second-order valence-corrected chi connectivity index (χ2v) is 9.92. The third kappa shape index (κ3) is 5.15. The number of aliphatic hydroxyl groups excluding tert-OH is 1. The summed E-state index contributed by atoms with van der Waals surface area (Å²) in [6, 6.07) is 16.6. The van der Waals surface area contributed by atoms with Crippen LogP contribution >= 0.6 is 24.0 Å². The third-order valence-corrected chi connectivity index (χ3v) is 7.17. The minimum absolute atomic E-state index is 0.282. The van der Waals surface area contributed by atoms with Gasteiger partial charge in [0.1, 0.15) is 0 Å². The molecule has 1 heterocycles. The van der Waals surface area contributed by atoms with Crippen molar-refractivity contribution >= 4 is 35.9 Å². The minimum atomic E-state index is 0.282. The maximum atomic E-state index is 11.9. The number of thiol groups is 1. The van der Waals surface area contributed by atoms with E-state index in [9.17, 15) is 4.79 Å². The predicted molar refractivity (Wildman–Crippen MR) is 130 cm³/mol. The van der Waals surface area contributed by atoms with Crippen molar-refractivity contribution in [3.63, 3.8) is 0 Å². The van der Waals surface area contributed by atoms with E-state index in [1.165, 1.54) is 22.4 Å². The van der Waals surface area contributed by atoms with E-state index in [1.54, 1.807) is 11.3 Å². The van der Waals surface area contributed by atoms with Gasteiger partial charge in [0.25, 0.3) is 0 Å². The van der Waals surface area contributed by atoms with Crippen molar-refractivity contribution < 1.29 is 9.90 Å². The van der Waals surface area contributed by atoms with Crippen LogP contribution in [0.4, 0.5) is 5.69 Å². The highest BCUT2D eigenvalue weighted by molar-refractivity contribution is 7.80. The van der Waals surface area contributed by atoms with Crippen LogP contribution in [0.5, 0.6) is 0 Å². The molecule has 158 valence electrons. The average molecular weight is 440 g/mol. The van der Waals surface area contributed by atoms with Gasteiger partial charge in [-0.05, 0) is 65.6 Å². The van der Waals surface area contributed by atoms with Gasteiger partial charge >= 0.3 is 0 Å². The second kappa shape index (κ2) is 9.82. The van der Waals surface area contributed by atoms with Gasteiger partial charge in [0.15, 0.2) is 6.29 Å². The standard InChI is InChI=1S/C24H25NOS2.CH4O/c1-24(2)12-11-22-20(13-24)21(15-26)23(28-22)17-5-3-16(4-6-17)14-25-18-7-9-19(27)10-8-18;1-2/h3-10,15,25,27H,11-14H2,1-2H3;2H,1H3. The number of anilines is 1. The molecular formula is C25H29NO2S2. The molecule has 3 nitrogen and oxygen atoms in total. The maximum Gasteiger partial charge on any atom is 0.151 e. The summed E-state index contributed by atoms with van der Waals surface area (Å²) >= 11 is 6.12. The number of hydrogen-bond acceptors (Lipinski definition) is 5. The molecule has 4 rings (SSSR count). The van der Waals surface area contributed by atoms with Crippen LogP contribution in [0.25, 0.3) is 10.4 Å². The monoisotopic (exact) mass is 439 g/mol. The third-order valence-electron chi connectivity index (χ3n) is 5.51. The van der Waals surface area contributed by atoms with Gasteiger partial charge in [-0.15, -0.1) is 24.0 Å². The van der Waals surface area contributed by atoms with E-state index in [-0.39, 0.29) is 5.41 Å². The summed E-state index contributed by atoms with van der Waals surface area (Å²) in [7, 11) is 1.00. The molecule has 0 fully saturated rings. The van der Waals surface area contributed by atoms with Gasteiger partial charge < -0.3 is 10.4 Å². The molecule has 1 aromatic heterocycles. The Bertz CT molecular complexity index is 989. The largest absolute Gasteiger partial charge is 0.400 e. The number of hydrogen-bond donors (Lipinski definition) is 3. The van der Waals surface area contributed by atoms with Crippen molar-refractivity contribution in [1.82, 2.24) is 0 Å². The molecule has 0 amide bonds. The number of carbonyl (C=O) groups excluding carboxylic acids is 1. The van der Waals surface area contributed by atoms with Gasteiger partial charge in [-0.25, -0.2) is 0 Å². The van der Waals surface area contributed by atoms with Crippen LogP contribution in [-0.4, -0.2) is 18.5 Å². The molecule has 0 spiro atoms. The summed E-state index contributed by atoms with van der Waals surface area (Å²) in [5.41, 5.74) is 5.91. The number of nitrogens with one attached hydrogen (secondary N) is 1. The maximum absolute atomic E-state index is 11.9. The molecule has 0 radical (unpaired) electrons. The van der Waals surface area contributed by atoms with E-state index in [2.05, 4.69) is 56.1 Å². The van der Waals surface area contributed by atoms with Crippen LogP contribution in [0.3, 0.4) is 0 Å². The van der Waals surface area contributed by atoms with E-state index in [4.69, 9.17) is 5.11 Å². The molecule has 0 unspecified atom stereocenters. The number of carbonyl (C=O) groups is 1. The summed E-state index contributed by atoms with van der Waals surface area (Å²) in [5.74, 6) is 0. The van der Waals surface area contributed by atoms with Gasteiger partial charge in [-0.1, -0.05) is 38.1 Å². The van der Waals surface area contributed by atoms with Crippen molar-refractivity contribution in [3.8, 4) is 10.4 Å². The molecular weight excluding hydrogens is 410 g/mol. The molecule has 0 aliphatic heterocycles. The fourth-order valence-corrected chi connectivity index (χ4v) is 5.28. The Morgan fingerprint density at radius 2 is 1.77 bits per heavy atom. The zero-order valence-corrected chi connectivity index (χ0v) is 19.4. The quantitative estimate of drug-likeness (QED) is 0.325. The summed E-state index contributed by atoms with van der Waals surface area (Å²) in [5, 5.41) is 10.4. The fraction of sp³-hybridized carbons (Fsp3) is 0.320. The molecule has 0 bridgehead atoms. The summed E-state index contributed by atoms with van der Waals surface area (Å²) in [6.45, 7) is 5.36. The first kappa shape index (κ1) is 22.6. The molecule has 2 N–H and O–H groups in total. The Balaban J connectivity index is 0.00000124. The van der Waals surface area contributed by atoms with Crippen LogP contribution in [-0.2, 0) is 19.4 Å². The molecule has 1 aliphatic carbocycles. The lowest BCUT2D eigenvalue weighted by atomic mass is 9.76. The zero-order chi connectivity index (χ0) is 21.7. The lowest BCUT2D eigenvalue weighted by Gasteiger charge is -2.29. The Kier molecular flexibility index (Phi) is 7.40. The smallest absolute Gasteiger partial charge is 0.151 e. The highest BCUT2D eigenvalue weighted by Crippen LogP contribution is 2.44. The van der Waals surface area contributed by atoms with Crippen molar-refractivity contribution in [2.45, 2.75) is 44.6 Å². The van der Waals surface area contributed by atoms with Gasteiger partial charge in [0, 0.05) is 39.6 Å². The number of benzene rings is 2. The highest BCUT2D eigenvalue weighted by Gasteiger charge is 2.30. The number of thiophene rings is 1. The van der Waals surface area contributed by atoms with Crippen LogP contribution in [0, 0.1) is 5.41 Å². The summed E-state index contributed by atoms with van der Waals surface area (Å²) < 4.78 is 0. The normalized spacial score (nSPS) is 14.3. The first-order valence-corrected chi connectivity index (χ1v) is 11.4. The Labute approximate surface area is 188 Å².